The van der Waals surface area contributed by atoms with Crippen molar-refractivity contribution >= 4 is 81.3 Å². The van der Waals surface area contributed by atoms with Crippen LogP contribution in [0.1, 0.15) is 0 Å². The van der Waals surface area contributed by atoms with E-state index in [9.17, 15) is 0 Å². The van der Waals surface area contributed by atoms with E-state index < -0.39 is 0 Å². The summed E-state index contributed by atoms with van der Waals surface area (Å²) in [6.07, 6.45) is 0. The molecule has 0 radical (unpaired) electrons. The molecule has 0 unspecified atom stereocenters. The van der Waals surface area contributed by atoms with E-state index in [1.807, 2.05) is 17.4 Å². The molecule has 2 aromatic heterocycles. The standard InChI is InChI=1S/C52H33NOS/c1-2-12-36(13-3-1)43-31-32-45-44-15-6-8-18-47(44)54-52(45)51(43)53(40-27-23-35(24-28-40)39-22-21-34-11-4-5-14-38(34)33-39)41-29-25-37(26-30-41)42-17-10-20-49-50(42)46-16-7-9-19-48(46)55-49/h1-33H. The number of fused-ring (bicyclic) bond motifs is 7. The molecule has 0 aliphatic carbocycles. The molecule has 258 valence electrons. The van der Waals surface area contributed by atoms with Gasteiger partial charge in [-0.25, -0.2) is 0 Å². The van der Waals surface area contributed by atoms with Gasteiger partial charge in [-0.2, -0.15) is 0 Å². The number of benzene rings is 9. The number of hydrogen-bond acceptors (Lipinski definition) is 3. The van der Waals surface area contributed by atoms with Crippen LogP contribution in [0, 0.1) is 0 Å². The van der Waals surface area contributed by atoms with Crippen LogP contribution in [-0.4, -0.2) is 0 Å². The molecule has 11 rings (SSSR count). The number of thiophene rings is 1. The molecule has 0 bridgehead atoms. The summed E-state index contributed by atoms with van der Waals surface area (Å²) in [6, 6.07) is 72.1. The van der Waals surface area contributed by atoms with Crippen molar-refractivity contribution < 1.29 is 4.42 Å². The van der Waals surface area contributed by atoms with Gasteiger partial charge in [-0.15, -0.1) is 11.3 Å². The van der Waals surface area contributed by atoms with Gasteiger partial charge in [-0.05, 0) is 93.2 Å². The van der Waals surface area contributed by atoms with Crippen LogP contribution in [-0.2, 0) is 0 Å². The molecular formula is C52H33NOS. The van der Waals surface area contributed by atoms with Crippen molar-refractivity contribution in [1.29, 1.82) is 0 Å². The molecule has 0 saturated carbocycles. The van der Waals surface area contributed by atoms with Gasteiger partial charge in [-0.3, -0.25) is 0 Å². The molecule has 0 aliphatic rings. The Morgan fingerprint density at radius 2 is 1.02 bits per heavy atom. The Hall–Kier alpha value is -6.94. The summed E-state index contributed by atoms with van der Waals surface area (Å²) in [5.74, 6) is 0. The van der Waals surface area contributed by atoms with Crippen molar-refractivity contribution in [2.24, 2.45) is 0 Å². The summed E-state index contributed by atoms with van der Waals surface area (Å²) >= 11 is 1.86. The number of anilines is 3. The van der Waals surface area contributed by atoms with E-state index >= 15 is 0 Å². The van der Waals surface area contributed by atoms with Gasteiger partial charge < -0.3 is 9.32 Å². The van der Waals surface area contributed by atoms with Crippen molar-refractivity contribution in [1.82, 2.24) is 0 Å². The topological polar surface area (TPSA) is 16.4 Å². The van der Waals surface area contributed by atoms with Crippen molar-refractivity contribution in [3.8, 4) is 33.4 Å². The molecule has 0 aliphatic heterocycles. The second-order valence-corrected chi connectivity index (χ2v) is 15.2. The lowest BCUT2D eigenvalue weighted by molar-refractivity contribution is 0.669. The van der Waals surface area contributed by atoms with Gasteiger partial charge >= 0.3 is 0 Å². The van der Waals surface area contributed by atoms with Gasteiger partial charge in [0.2, 0.25) is 0 Å². The molecule has 9 aromatic carbocycles. The monoisotopic (exact) mass is 719 g/mol. The van der Waals surface area contributed by atoms with Crippen LogP contribution in [0.15, 0.2) is 205 Å². The van der Waals surface area contributed by atoms with Gasteiger partial charge in [0.15, 0.2) is 5.58 Å². The molecule has 0 atom stereocenters. The van der Waals surface area contributed by atoms with Crippen LogP contribution in [0.5, 0.6) is 0 Å². The van der Waals surface area contributed by atoms with Crippen LogP contribution in [0.25, 0.3) is 86.3 Å². The molecule has 0 spiro atoms. The Morgan fingerprint density at radius 1 is 0.382 bits per heavy atom. The zero-order chi connectivity index (χ0) is 36.3. The lowest BCUT2D eigenvalue weighted by Gasteiger charge is -2.28. The SMILES string of the molecule is c1ccc(-c2ccc3c(oc4ccccc43)c2N(c2ccc(-c3ccc4ccccc4c3)cc2)c2ccc(-c3cccc4sc5ccccc5c34)cc2)cc1. The fraction of sp³-hybridized carbons (Fsp3) is 0. The van der Waals surface area contributed by atoms with E-state index in [0.29, 0.717) is 0 Å². The number of hydrogen-bond donors (Lipinski definition) is 0. The van der Waals surface area contributed by atoms with E-state index in [-0.39, 0.29) is 0 Å². The van der Waals surface area contributed by atoms with Gasteiger partial charge in [0.1, 0.15) is 5.58 Å². The van der Waals surface area contributed by atoms with Crippen LogP contribution in [0.3, 0.4) is 0 Å². The second kappa shape index (κ2) is 12.9. The van der Waals surface area contributed by atoms with Crippen LogP contribution in [0.2, 0.25) is 0 Å². The molecule has 0 N–H and O–H groups in total. The number of nitrogens with zero attached hydrogens (tertiary/aromatic N) is 1. The predicted octanol–water partition coefficient (Wildman–Crippen LogP) is 15.6. The van der Waals surface area contributed by atoms with Gasteiger partial charge in [0.25, 0.3) is 0 Å². The highest BCUT2D eigenvalue weighted by Crippen LogP contribution is 2.48. The summed E-state index contributed by atoms with van der Waals surface area (Å²) < 4.78 is 9.45. The molecule has 0 saturated heterocycles. The highest BCUT2D eigenvalue weighted by molar-refractivity contribution is 7.25. The average Bonchev–Trinajstić information content (AvgIpc) is 3.83. The van der Waals surface area contributed by atoms with Gasteiger partial charge in [0, 0.05) is 47.9 Å². The Bertz CT molecular complexity index is 3190. The Morgan fingerprint density at radius 3 is 1.84 bits per heavy atom. The van der Waals surface area contributed by atoms with E-state index in [4.69, 9.17) is 4.42 Å². The average molecular weight is 720 g/mol. The van der Waals surface area contributed by atoms with Crippen molar-refractivity contribution in [2.45, 2.75) is 0 Å². The number of rotatable bonds is 6. The Kier molecular flexibility index (Phi) is 7.39. The van der Waals surface area contributed by atoms with Crippen LogP contribution in [0.4, 0.5) is 17.1 Å². The zero-order valence-corrected chi connectivity index (χ0v) is 30.6. The smallest absolute Gasteiger partial charge is 0.160 e. The first kappa shape index (κ1) is 31.6. The van der Waals surface area contributed by atoms with Crippen molar-refractivity contribution in [3.05, 3.63) is 200 Å². The van der Waals surface area contributed by atoms with E-state index in [1.54, 1.807) is 0 Å². The summed E-state index contributed by atoms with van der Waals surface area (Å²) in [5, 5.41) is 7.30. The van der Waals surface area contributed by atoms with E-state index in [1.165, 1.54) is 53.2 Å². The van der Waals surface area contributed by atoms with E-state index in [0.717, 1.165) is 50.1 Å². The maximum Gasteiger partial charge on any atom is 0.160 e. The summed E-state index contributed by atoms with van der Waals surface area (Å²) in [6.45, 7) is 0. The Balaban J connectivity index is 1.12. The highest BCUT2D eigenvalue weighted by atomic mass is 32.1. The molecule has 11 aromatic rings. The maximum absolute atomic E-state index is 6.84. The van der Waals surface area contributed by atoms with Crippen LogP contribution < -0.4 is 4.90 Å². The minimum atomic E-state index is 0.861. The lowest BCUT2D eigenvalue weighted by Crippen LogP contribution is -2.11. The van der Waals surface area contributed by atoms with Crippen LogP contribution >= 0.6 is 11.3 Å². The largest absolute Gasteiger partial charge is 0.454 e. The molecule has 0 amide bonds. The quantitative estimate of drug-likeness (QED) is 0.170. The maximum atomic E-state index is 6.84. The minimum Gasteiger partial charge on any atom is -0.454 e. The third-order valence-corrected chi connectivity index (χ3v) is 12.0. The first-order valence-corrected chi connectivity index (χ1v) is 19.5. The van der Waals surface area contributed by atoms with Crippen molar-refractivity contribution in [3.63, 3.8) is 0 Å². The van der Waals surface area contributed by atoms with E-state index in [2.05, 4.69) is 199 Å². The third kappa shape index (κ3) is 5.32. The first-order valence-electron chi connectivity index (χ1n) is 18.7. The summed E-state index contributed by atoms with van der Waals surface area (Å²) in [4.78, 5) is 2.38. The summed E-state index contributed by atoms with van der Waals surface area (Å²) in [7, 11) is 0. The van der Waals surface area contributed by atoms with Gasteiger partial charge in [-0.1, -0.05) is 146 Å². The number of para-hydroxylation sites is 1. The summed E-state index contributed by atoms with van der Waals surface area (Å²) in [5.41, 5.74) is 11.9. The first-order chi connectivity index (χ1) is 27.3. The fourth-order valence-electron chi connectivity index (χ4n) is 8.23. The zero-order valence-electron chi connectivity index (χ0n) is 29.8. The van der Waals surface area contributed by atoms with Crippen molar-refractivity contribution in [2.75, 3.05) is 4.90 Å². The molecule has 2 nitrogen and oxygen atoms in total. The normalized spacial score (nSPS) is 11.6. The molecule has 55 heavy (non-hydrogen) atoms. The lowest BCUT2D eigenvalue weighted by atomic mass is 9.97. The Labute approximate surface area is 322 Å². The third-order valence-electron chi connectivity index (χ3n) is 10.9. The predicted molar refractivity (Wildman–Crippen MR) is 235 cm³/mol. The molecule has 3 heteroatoms. The van der Waals surface area contributed by atoms with Gasteiger partial charge in [0.05, 0.1) is 5.69 Å². The minimum absolute atomic E-state index is 0.861. The fourth-order valence-corrected chi connectivity index (χ4v) is 9.36. The molecular weight excluding hydrogens is 687 g/mol. The highest BCUT2D eigenvalue weighted by Gasteiger charge is 2.24. The molecule has 0 fully saturated rings. The number of furan rings is 1. The second-order valence-electron chi connectivity index (χ2n) is 14.1. The molecule has 2 heterocycles.